The van der Waals surface area contributed by atoms with Crippen LogP contribution in [0.25, 0.3) is 10.9 Å². The van der Waals surface area contributed by atoms with Crippen molar-refractivity contribution in [1.82, 2.24) is 10.3 Å². The summed E-state index contributed by atoms with van der Waals surface area (Å²) in [5.41, 5.74) is 2.37. The minimum absolute atomic E-state index is 0.0218. The third-order valence-corrected chi connectivity index (χ3v) is 7.65. The summed E-state index contributed by atoms with van der Waals surface area (Å²) in [6.07, 6.45) is -8.06. The number of fused-ring (bicyclic) bond motifs is 1. The van der Waals surface area contributed by atoms with Gasteiger partial charge in [-0.3, -0.25) is 0 Å². The van der Waals surface area contributed by atoms with Gasteiger partial charge in [0.1, 0.15) is 37.1 Å². The highest BCUT2D eigenvalue weighted by atomic mass is 16.6. The number of methoxy groups -OCH3 is 1. The summed E-state index contributed by atoms with van der Waals surface area (Å²) in [5.74, 6) is -1.51. The molecule has 5 N–H and O–H groups in total. The number of aliphatic hydroxyl groups is 3. The third kappa shape index (κ3) is 7.15. The minimum atomic E-state index is -1.64. The van der Waals surface area contributed by atoms with Crippen LogP contribution in [0.4, 0.5) is 4.79 Å². The zero-order valence-corrected chi connectivity index (χ0v) is 24.4. The molecule has 236 valence electrons. The van der Waals surface area contributed by atoms with Crippen LogP contribution in [0.3, 0.4) is 0 Å². The molecule has 2 heterocycles. The molecule has 1 fully saturated rings. The molecule has 12 heteroatoms. The number of carbonyl (C=O) groups excluding carboxylic acids is 3. The van der Waals surface area contributed by atoms with Crippen molar-refractivity contribution in [3.8, 4) is 0 Å². The lowest BCUT2D eigenvalue weighted by atomic mass is 9.90. The second-order valence-electron chi connectivity index (χ2n) is 10.5. The number of H-pyrrole nitrogens is 1. The van der Waals surface area contributed by atoms with E-state index in [1.54, 1.807) is 66.7 Å². The summed E-state index contributed by atoms with van der Waals surface area (Å²) in [7, 11) is 1.19. The maximum absolute atomic E-state index is 13.1. The van der Waals surface area contributed by atoms with Gasteiger partial charge in [-0.05, 0) is 29.3 Å². The van der Waals surface area contributed by atoms with Gasteiger partial charge in [-0.25, -0.2) is 14.4 Å². The molecule has 1 aliphatic rings. The van der Waals surface area contributed by atoms with Gasteiger partial charge < -0.3 is 44.6 Å². The van der Waals surface area contributed by atoms with E-state index in [4.69, 9.17) is 18.9 Å². The number of rotatable bonds is 10. The fourth-order valence-electron chi connectivity index (χ4n) is 5.35. The molecular weight excluding hydrogens is 584 g/mol. The van der Waals surface area contributed by atoms with E-state index in [0.717, 1.165) is 5.56 Å². The molecule has 0 saturated carbocycles. The number of amides is 1. The van der Waals surface area contributed by atoms with Crippen LogP contribution < -0.4 is 5.32 Å². The van der Waals surface area contributed by atoms with Gasteiger partial charge in [-0.1, -0.05) is 66.7 Å². The lowest BCUT2D eigenvalue weighted by molar-refractivity contribution is -0.232. The molecule has 12 nitrogen and oxygen atoms in total. The van der Waals surface area contributed by atoms with Crippen LogP contribution in [0.1, 0.15) is 33.3 Å². The van der Waals surface area contributed by atoms with E-state index in [2.05, 4.69) is 10.3 Å². The molecule has 0 unspecified atom stereocenters. The summed E-state index contributed by atoms with van der Waals surface area (Å²) in [6, 6.07) is 23.1. The van der Waals surface area contributed by atoms with Crippen molar-refractivity contribution in [2.24, 2.45) is 0 Å². The van der Waals surface area contributed by atoms with Gasteiger partial charge in [0.2, 0.25) is 0 Å². The zero-order chi connectivity index (χ0) is 31.9. The molecule has 0 aliphatic carbocycles. The van der Waals surface area contributed by atoms with Crippen LogP contribution in [0.15, 0.2) is 84.9 Å². The molecule has 4 aromatic rings. The van der Waals surface area contributed by atoms with Crippen molar-refractivity contribution >= 4 is 28.9 Å². The Morgan fingerprint density at radius 3 is 2.29 bits per heavy atom. The quantitative estimate of drug-likeness (QED) is 0.131. The predicted octanol–water partition coefficient (Wildman–Crippen LogP) is 2.56. The van der Waals surface area contributed by atoms with E-state index < -0.39 is 61.2 Å². The largest absolute Gasteiger partial charge is 0.467 e. The Bertz CT molecular complexity index is 1610. The number of carbonyl (C=O) groups is 3. The van der Waals surface area contributed by atoms with Crippen molar-refractivity contribution in [2.45, 2.75) is 49.6 Å². The number of esters is 2. The first kappa shape index (κ1) is 31.7. The number of aliphatic hydroxyl groups excluding tert-OH is 3. The van der Waals surface area contributed by atoms with E-state index in [1.165, 1.54) is 19.2 Å². The van der Waals surface area contributed by atoms with Crippen molar-refractivity contribution in [2.75, 3.05) is 13.7 Å². The highest BCUT2D eigenvalue weighted by molar-refractivity contribution is 5.90. The molecule has 0 bridgehead atoms. The number of aromatic amines is 1. The van der Waals surface area contributed by atoms with Crippen LogP contribution in [-0.4, -0.2) is 82.5 Å². The predicted molar refractivity (Wildman–Crippen MR) is 160 cm³/mol. The second kappa shape index (κ2) is 14.4. The van der Waals surface area contributed by atoms with Gasteiger partial charge in [0.05, 0.1) is 25.0 Å². The highest BCUT2D eigenvalue weighted by Gasteiger charge is 2.48. The standard InChI is InChI=1S/C33H34N2O10/c1-42-32(40)24(35-33(41)43-18-19-10-4-2-5-11-19)16-22-21-14-8-9-15-23(21)34-26(22)29-30(28(38)27(37)25(17-36)44-29)45-31(39)20-12-6-3-7-13-20/h2-15,24-25,27-30,34,36-38H,16-18H2,1H3,(H,35,41)/t24-,25+,27+,28-,29-,30-/m0/s1. The summed E-state index contributed by atoms with van der Waals surface area (Å²) in [4.78, 5) is 42.0. The van der Waals surface area contributed by atoms with Crippen molar-refractivity contribution in [1.29, 1.82) is 0 Å². The van der Waals surface area contributed by atoms with Crippen LogP contribution in [0, 0.1) is 0 Å². The SMILES string of the molecule is COC(=O)[C@H](Cc1c([C@@H]2O[C@H](CO)[C@@H](O)[C@H](O)[C@@H]2OC(=O)c2ccccc2)[nH]c2ccccc12)NC(=O)OCc1ccccc1. The summed E-state index contributed by atoms with van der Waals surface area (Å²) in [5, 5.41) is 35.0. The van der Waals surface area contributed by atoms with Gasteiger partial charge in [-0.2, -0.15) is 0 Å². The first-order valence-corrected chi connectivity index (χ1v) is 14.3. The second-order valence-corrected chi connectivity index (χ2v) is 10.5. The molecule has 45 heavy (non-hydrogen) atoms. The van der Waals surface area contributed by atoms with Crippen LogP contribution in [-0.2, 0) is 36.8 Å². The maximum atomic E-state index is 13.1. The van der Waals surface area contributed by atoms with Gasteiger partial charge in [-0.15, -0.1) is 0 Å². The zero-order valence-electron chi connectivity index (χ0n) is 24.4. The molecular formula is C33H34N2O10. The number of hydrogen-bond donors (Lipinski definition) is 5. The van der Waals surface area contributed by atoms with E-state index in [9.17, 15) is 29.7 Å². The normalized spacial score (nSPS) is 21.9. The molecule has 0 radical (unpaired) electrons. The molecule has 1 aromatic heterocycles. The van der Waals surface area contributed by atoms with Crippen LogP contribution >= 0.6 is 0 Å². The monoisotopic (exact) mass is 618 g/mol. The average molecular weight is 619 g/mol. The molecule has 6 atom stereocenters. The maximum Gasteiger partial charge on any atom is 0.408 e. The van der Waals surface area contributed by atoms with Crippen molar-refractivity contribution < 1.29 is 48.7 Å². The van der Waals surface area contributed by atoms with Crippen LogP contribution in [0.5, 0.6) is 0 Å². The Hall–Kier alpha value is -4.75. The molecule has 3 aromatic carbocycles. The van der Waals surface area contributed by atoms with Gasteiger partial charge in [0.15, 0.2) is 6.10 Å². The van der Waals surface area contributed by atoms with Crippen molar-refractivity contribution in [3.05, 3.63) is 107 Å². The van der Waals surface area contributed by atoms with Crippen LogP contribution in [0.2, 0.25) is 0 Å². The molecule has 5 rings (SSSR count). The number of aromatic nitrogens is 1. The van der Waals surface area contributed by atoms with Gasteiger partial charge in [0.25, 0.3) is 0 Å². The first-order valence-electron chi connectivity index (χ1n) is 14.3. The smallest absolute Gasteiger partial charge is 0.408 e. The minimum Gasteiger partial charge on any atom is -0.467 e. The van der Waals surface area contributed by atoms with E-state index >= 15 is 0 Å². The van der Waals surface area contributed by atoms with E-state index in [-0.39, 0.29) is 18.6 Å². The van der Waals surface area contributed by atoms with Gasteiger partial charge in [0, 0.05) is 17.3 Å². The number of nitrogens with one attached hydrogen (secondary N) is 2. The molecule has 1 saturated heterocycles. The lowest BCUT2D eigenvalue weighted by Crippen LogP contribution is -2.56. The first-order chi connectivity index (χ1) is 21.8. The Morgan fingerprint density at radius 1 is 0.933 bits per heavy atom. The average Bonchev–Trinajstić information content (AvgIpc) is 3.44. The Morgan fingerprint density at radius 2 is 1.60 bits per heavy atom. The Balaban J connectivity index is 1.48. The Kier molecular flexibility index (Phi) is 10.1. The molecule has 1 amide bonds. The lowest BCUT2D eigenvalue weighted by Gasteiger charge is -2.41. The topological polar surface area (TPSA) is 177 Å². The summed E-state index contributed by atoms with van der Waals surface area (Å²) in [6.45, 7) is -0.657. The summed E-state index contributed by atoms with van der Waals surface area (Å²) < 4.78 is 22.1. The number of para-hydroxylation sites is 1. The number of ether oxygens (including phenoxy) is 4. The van der Waals surface area contributed by atoms with Gasteiger partial charge >= 0.3 is 18.0 Å². The number of alkyl carbamates (subject to hydrolysis) is 1. The third-order valence-electron chi connectivity index (χ3n) is 7.65. The fraction of sp³-hybridized carbons (Fsp3) is 0.303. The van der Waals surface area contributed by atoms with E-state index in [1.807, 2.05) is 6.07 Å². The van der Waals surface area contributed by atoms with E-state index in [0.29, 0.717) is 22.2 Å². The summed E-state index contributed by atoms with van der Waals surface area (Å²) >= 11 is 0. The highest BCUT2D eigenvalue weighted by Crippen LogP contribution is 2.39. The molecule has 1 aliphatic heterocycles. The molecule has 0 spiro atoms. The Labute approximate surface area is 258 Å². The fourth-order valence-corrected chi connectivity index (χ4v) is 5.35. The number of hydrogen-bond acceptors (Lipinski definition) is 10. The van der Waals surface area contributed by atoms with Crippen molar-refractivity contribution in [3.63, 3.8) is 0 Å². The number of benzene rings is 3.